The fourth-order valence-corrected chi connectivity index (χ4v) is 12.8. The number of carbonyl (C=O) groups is 2. The summed E-state index contributed by atoms with van der Waals surface area (Å²) in [6.45, 7) is 7.14. The largest absolute Gasteiger partial charge is 0.497 e. The van der Waals surface area contributed by atoms with Crippen molar-refractivity contribution in [3.8, 4) is 5.75 Å². The minimum Gasteiger partial charge on any atom is -0.497 e. The van der Waals surface area contributed by atoms with Crippen molar-refractivity contribution in [3.05, 3.63) is 118 Å². The van der Waals surface area contributed by atoms with Gasteiger partial charge in [0.1, 0.15) is 5.75 Å². The molecule has 2 amide bonds. The molecule has 1 saturated heterocycles. The Morgan fingerprint density at radius 2 is 1.70 bits per heavy atom. The molecule has 0 aromatic heterocycles. The Labute approximate surface area is 302 Å². The van der Waals surface area contributed by atoms with Crippen LogP contribution < -0.4 is 19.8 Å². The van der Waals surface area contributed by atoms with E-state index in [9.17, 15) is 14.7 Å². The molecule has 4 atom stereocenters. The number of rotatable bonds is 9. The fraction of sp³-hybridized carbons (Fsp3) is 0.325. The summed E-state index contributed by atoms with van der Waals surface area (Å²) in [5, 5.41) is 17.7. The minimum atomic E-state index is -2.27. The predicted octanol–water partition coefficient (Wildman–Crippen LogP) is 7.13. The third-order valence-corrected chi connectivity index (χ3v) is 15.7. The van der Waals surface area contributed by atoms with Gasteiger partial charge >= 0.3 is 0 Å². The standard InChI is InChI=1S/C40H42BrN3O5Si/c1-26-38(50(3,4)32-17-15-31(48-2)16-18-32)36(22-23-45)49-40(26)33-24-29(41)12-20-35(33)43(39(40)47)25-27-10-13-30(14-11-27)44-37(46)21-19-34(42-44)28-8-6-5-7-9-28/h5-18,20,24,26,36,38,45H,19,21-23,25H2,1-4H3/t26-,36+,38-,40+/m0/s1. The molecular weight excluding hydrogens is 710 g/mol. The highest BCUT2D eigenvalue weighted by atomic mass is 79.9. The van der Waals surface area contributed by atoms with Gasteiger partial charge in [-0.1, -0.05) is 95.7 Å². The quantitative estimate of drug-likeness (QED) is 0.184. The molecule has 1 fully saturated rings. The van der Waals surface area contributed by atoms with Gasteiger partial charge in [-0.3, -0.25) is 9.59 Å². The van der Waals surface area contributed by atoms with Crippen LogP contribution in [0, 0.1) is 5.92 Å². The summed E-state index contributed by atoms with van der Waals surface area (Å²) < 4.78 is 13.3. The number of ether oxygens (including phenoxy) is 2. The number of anilines is 2. The van der Waals surface area contributed by atoms with Crippen LogP contribution >= 0.6 is 15.9 Å². The molecule has 0 radical (unpaired) electrons. The summed E-state index contributed by atoms with van der Waals surface area (Å²) in [6, 6.07) is 31.9. The number of hydrazone groups is 1. The highest BCUT2D eigenvalue weighted by Gasteiger charge is 2.66. The van der Waals surface area contributed by atoms with Gasteiger partial charge in [-0.2, -0.15) is 5.10 Å². The van der Waals surface area contributed by atoms with E-state index in [4.69, 9.17) is 14.6 Å². The molecular formula is C40H42BrN3O5Si. The van der Waals surface area contributed by atoms with Crippen LogP contribution in [0.4, 0.5) is 11.4 Å². The third kappa shape index (κ3) is 5.81. The zero-order valence-electron chi connectivity index (χ0n) is 28.8. The number of aliphatic hydroxyl groups is 1. The van der Waals surface area contributed by atoms with Gasteiger partial charge in [0.2, 0.25) is 5.91 Å². The molecule has 0 saturated carbocycles. The molecule has 1 N–H and O–H groups in total. The van der Waals surface area contributed by atoms with Gasteiger partial charge in [-0.25, -0.2) is 5.01 Å². The van der Waals surface area contributed by atoms with Crippen molar-refractivity contribution in [3.63, 3.8) is 0 Å². The number of carbonyl (C=O) groups excluding carboxylic acids is 2. The summed E-state index contributed by atoms with van der Waals surface area (Å²) in [5.41, 5.74) is 4.05. The summed E-state index contributed by atoms with van der Waals surface area (Å²) in [4.78, 5) is 29.7. The van der Waals surface area contributed by atoms with Crippen LogP contribution in [0.25, 0.3) is 0 Å². The molecule has 0 aliphatic carbocycles. The Morgan fingerprint density at radius 1 is 0.980 bits per heavy atom. The van der Waals surface area contributed by atoms with E-state index in [2.05, 4.69) is 48.1 Å². The second-order valence-electron chi connectivity index (χ2n) is 14.0. The van der Waals surface area contributed by atoms with Crippen LogP contribution in [-0.2, 0) is 26.5 Å². The molecule has 4 aromatic rings. The minimum absolute atomic E-state index is 0.0247. The molecule has 10 heteroatoms. The summed E-state index contributed by atoms with van der Waals surface area (Å²) in [7, 11) is -0.606. The molecule has 50 heavy (non-hydrogen) atoms. The van der Waals surface area contributed by atoms with Crippen molar-refractivity contribution in [2.75, 3.05) is 23.6 Å². The normalized spacial score (nSPS) is 23.4. The van der Waals surface area contributed by atoms with Crippen LogP contribution in [0.5, 0.6) is 5.75 Å². The number of aliphatic hydroxyl groups excluding tert-OH is 1. The Balaban J connectivity index is 1.20. The van der Waals surface area contributed by atoms with Gasteiger partial charge in [0.05, 0.1) is 44.9 Å². The summed E-state index contributed by atoms with van der Waals surface area (Å²) >= 11 is 3.67. The van der Waals surface area contributed by atoms with E-state index >= 15 is 0 Å². The molecule has 8 nitrogen and oxygen atoms in total. The third-order valence-electron chi connectivity index (χ3n) is 10.9. The molecule has 3 aliphatic rings. The predicted molar refractivity (Wildman–Crippen MR) is 203 cm³/mol. The lowest BCUT2D eigenvalue weighted by Crippen LogP contribution is -2.51. The summed E-state index contributed by atoms with van der Waals surface area (Å²) in [5.74, 6) is 0.514. The highest BCUT2D eigenvalue weighted by molar-refractivity contribution is 9.10. The zero-order chi connectivity index (χ0) is 35.2. The van der Waals surface area contributed by atoms with Gasteiger partial charge in [-0.05, 0) is 65.6 Å². The van der Waals surface area contributed by atoms with Crippen LogP contribution in [0.3, 0.4) is 0 Å². The first-order valence-electron chi connectivity index (χ1n) is 17.2. The molecule has 3 heterocycles. The Morgan fingerprint density at radius 3 is 2.38 bits per heavy atom. The van der Waals surface area contributed by atoms with Crippen LogP contribution in [0.2, 0.25) is 18.6 Å². The lowest BCUT2D eigenvalue weighted by molar-refractivity contribution is -0.146. The van der Waals surface area contributed by atoms with E-state index in [-0.39, 0.29) is 36.0 Å². The van der Waals surface area contributed by atoms with Crippen LogP contribution in [0.15, 0.2) is 107 Å². The first kappa shape index (κ1) is 34.4. The maximum absolute atomic E-state index is 14.9. The Bertz CT molecular complexity index is 1940. The molecule has 3 aliphatic heterocycles. The van der Waals surface area contributed by atoms with E-state index in [1.54, 1.807) is 7.11 Å². The number of methoxy groups -OCH3 is 1. The van der Waals surface area contributed by atoms with E-state index in [0.717, 1.165) is 38.3 Å². The average molecular weight is 753 g/mol. The van der Waals surface area contributed by atoms with Crippen molar-refractivity contribution in [2.45, 2.75) is 63.1 Å². The molecule has 258 valence electrons. The van der Waals surface area contributed by atoms with E-state index in [0.29, 0.717) is 31.5 Å². The number of hydrogen-bond donors (Lipinski definition) is 1. The highest BCUT2D eigenvalue weighted by Crippen LogP contribution is 2.60. The first-order valence-corrected chi connectivity index (χ1v) is 21.1. The van der Waals surface area contributed by atoms with Gasteiger partial charge in [0.25, 0.3) is 5.91 Å². The van der Waals surface area contributed by atoms with Gasteiger partial charge in [0.15, 0.2) is 5.60 Å². The SMILES string of the molecule is COc1ccc([Si](C)(C)[C@@H]2[C@@H](CCO)O[C@]3(C(=O)N(Cc4ccc(N5N=C(c6ccccc6)CCC5=O)cc4)c4ccc(Br)cc43)[C@H]2C)cc1. The van der Waals surface area contributed by atoms with Crippen molar-refractivity contribution in [1.29, 1.82) is 0 Å². The lowest BCUT2D eigenvalue weighted by atomic mass is 9.82. The molecule has 4 aromatic carbocycles. The number of halogens is 1. The van der Waals surface area contributed by atoms with Gasteiger partial charge in [-0.15, -0.1) is 0 Å². The maximum atomic E-state index is 14.9. The second kappa shape index (κ2) is 13.6. The van der Waals surface area contributed by atoms with E-state index in [1.165, 1.54) is 10.2 Å². The monoisotopic (exact) mass is 751 g/mol. The van der Waals surface area contributed by atoms with Crippen molar-refractivity contribution in [1.82, 2.24) is 0 Å². The average Bonchev–Trinajstić information content (AvgIpc) is 3.55. The fourth-order valence-electron chi connectivity index (χ4n) is 8.36. The number of nitrogens with zero attached hydrogens (tertiary/aromatic N) is 3. The van der Waals surface area contributed by atoms with Crippen LogP contribution in [-0.4, -0.2) is 50.5 Å². The molecule has 0 bridgehead atoms. The first-order chi connectivity index (χ1) is 24.1. The lowest BCUT2D eigenvalue weighted by Gasteiger charge is -2.37. The summed E-state index contributed by atoms with van der Waals surface area (Å²) in [6.07, 6.45) is 1.15. The van der Waals surface area contributed by atoms with Gasteiger partial charge < -0.3 is 19.5 Å². The second-order valence-corrected chi connectivity index (χ2v) is 19.6. The molecule has 1 spiro atoms. The van der Waals surface area contributed by atoms with E-state index in [1.807, 2.05) is 89.8 Å². The number of hydrogen-bond acceptors (Lipinski definition) is 6. The number of amides is 2. The van der Waals surface area contributed by atoms with Crippen LogP contribution in [0.1, 0.15) is 42.9 Å². The number of fused-ring (bicyclic) bond motifs is 2. The maximum Gasteiger partial charge on any atom is 0.264 e. The molecule has 7 rings (SSSR count). The smallest absolute Gasteiger partial charge is 0.264 e. The topological polar surface area (TPSA) is 91.7 Å². The zero-order valence-corrected chi connectivity index (χ0v) is 31.4. The van der Waals surface area contributed by atoms with Crippen molar-refractivity contribution >= 4 is 58.1 Å². The van der Waals surface area contributed by atoms with Crippen molar-refractivity contribution < 1.29 is 24.2 Å². The van der Waals surface area contributed by atoms with Gasteiger partial charge in [0, 0.05) is 35.4 Å². The molecule has 0 unspecified atom stereocenters. The Hall–Kier alpha value is -4.09. The Kier molecular flexibility index (Phi) is 9.32. The van der Waals surface area contributed by atoms with Crippen molar-refractivity contribution in [2.24, 2.45) is 11.0 Å². The van der Waals surface area contributed by atoms with E-state index < -0.39 is 13.7 Å². The number of benzene rings is 4.